The van der Waals surface area contributed by atoms with Gasteiger partial charge in [0.1, 0.15) is 5.82 Å². The third-order valence-electron chi connectivity index (χ3n) is 4.33. The van der Waals surface area contributed by atoms with E-state index >= 15 is 0 Å². The zero-order valence-electron chi connectivity index (χ0n) is 13.7. The first-order valence-electron chi connectivity index (χ1n) is 8.23. The van der Waals surface area contributed by atoms with Crippen LogP contribution in [0.2, 0.25) is 0 Å². The zero-order valence-corrected chi connectivity index (χ0v) is 13.7. The number of aromatic nitrogens is 2. The molecule has 1 amide bonds. The fraction of sp³-hybridized carbons (Fsp3) is 0.389. The molecular weight excluding hydrogens is 304 g/mol. The Labute approximate surface area is 141 Å². The maximum absolute atomic E-state index is 11.8. The molecule has 6 nitrogen and oxygen atoms in total. The van der Waals surface area contributed by atoms with Crippen molar-refractivity contribution in [3.8, 4) is 0 Å². The number of aliphatic hydroxyl groups excluding tert-OH is 1. The number of pyridine rings is 2. The summed E-state index contributed by atoms with van der Waals surface area (Å²) in [4.78, 5) is 22.2. The van der Waals surface area contributed by atoms with Gasteiger partial charge in [0.25, 0.3) is 5.91 Å². The summed E-state index contributed by atoms with van der Waals surface area (Å²) in [6.07, 6.45) is 5.56. The van der Waals surface area contributed by atoms with Crippen LogP contribution < -0.4 is 10.2 Å². The molecule has 0 saturated carbocycles. The molecular formula is C18H22N4O2. The Morgan fingerprint density at radius 1 is 1.29 bits per heavy atom. The minimum atomic E-state index is -0.386. The van der Waals surface area contributed by atoms with Crippen molar-refractivity contribution in [2.45, 2.75) is 19.4 Å². The van der Waals surface area contributed by atoms with E-state index in [-0.39, 0.29) is 17.9 Å². The molecule has 2 N–H and O–H groups in total. The molecule has 0 unspecified atom stereocenters. The fourth-order valence-electron chi connectivity index (χ4n) is 3.03. The van der Waals surface area contributed by atoms with Crippen LogP contribution in [0, 0.1) is 5.92 Å². The molecule has 126 valence electrons. The van der Waals surface area contributed by atoms with Gasteiger partial charge in [-0.1, -0.05) is 0 Å². The van der Waals surface area contributed by atoms with E-state index in [0.29, 0.717) is 18.7 Å². The smallest absolute Gasteiger partial charge is 0.252 e. The van der Waals surface area contributed by atoms with Gasteiger partial charge in [-0.3, -0.25) is 9.78 Å². The molecule has 2 aromatic heterocycles. The highest BCUT2D eigenvalue weighted by Gasteiger charge is 2.32. The topological polar surface area (TPSA) is 78.4 Å². The van der Waals surface area contributed by atoms with Gasteiger partial charge in [-0.25, -0.2) is 4.98 Å². The SMILES string of the molecule is CCNC(=O)c1ccc(N2C[C@@H](Cc3ccncc3)[C@@H](O)C2)nc1. The van der Waals surface area contributed by atoms with Gasteiger partial charge in [0.15, 0.2) is 0 Å². The first kappa shape index (κ1) is 16.4. The number of hydrogen-bond acceptors (Lipinski definition) is 5. The van der Waals surface area contributed by atoms with Crippen LogP contribution in [0.3, 0.4) is 0 Å². The average molecular weight is 326 g/mol. The Morgan fingerprint density at radius 2 is 2.08 bits per heavy atom. The summed E-state index contributed by atoms with van der Waals surface area (Å²) in [5, 5.41) is 13.1. The number of β-amino-alcohol motifs (C(OH)–C–C–N with tert-alkyl or cyclic N) is 1. The quantitative estimate of drug-likeness (QED) is 0.865. The molecule has 1 saturated heterocycles. The molecule has 2 atom stereocenters. The van der Waals surface area contributed by atoms with Crippen LogP contribution in [0.15, 0.2) is 42.9 Å². The monoisotopic (exact) mass is 326 g/mol. The maximum Gasteiger partial charge on any atom is 0.252 e. The van der Waals surface area contributed by atoms with Crippen molar-refractivity contribution < 1.29 is 9.90 Å². The number of carbonyl (C=O) groups is 1. The summed E-state index contributed by atoms with van der Waals surface area (Å²) in [5.41, 5.74) is 1.73. The molecule has 1 aliphatic rings. The summed E-state index contributed by atoms with van der Waals surface area (Å²) in [5.74, 6) is 0.838. The van der Waals surface area contributed by atoms with Crippen LogP contribution in [-0.4, -0.2) is 46.7 Å². The molecule has 1 fully saturated rings. The van der Waals surface area contributed by atoms with E-state index in [0.717, 1.165) is 18.8 Å². The highest BCUT2D eigenvalue weighted by Crippen LogP contribution is 2.25. The number of anilines is 1. The molecule has 6 heteroatoms. The summed E-state index contributed by atoms with van der Waals surface area (Å²) in [7, 11) is 0. The van der Waals surface area contributed by atoms with Crippen molar-refractivity contribution in [3.05, 3.63) is 54.0 Å². The van der Waals surface area contributed by atoms with Gasteiger partial charge in [0.2, 0.25) is 0 Å². The van der Waals surface area contributed by atoms with E-state index in [9.17, 15) is 9.90 Å². The predicted octanol–water partition coefficient (Wildman–Crippen LogP) is 1.27. The van der Waals surface area contributed by atoms with Gasteiger partial charge in [0, 0.05) is 44.1 Å². The maximum atomic E-state index is 11.8. The third kappa shape index (κ3) is 3.71. The van der Waals surface area contributed by atoms with Crippen LogP contribution in [-0.2, 0) is 6.42 Å². The molecule has 2 aromatic rings. The Kier molecular flexibility index (Phi) is 5.05. The number of aliphatic hydroxyl groups is 1. The molecule has 0 aliphatic carbocycles. The molecule has 3 rings (SSSR count). The molecule has 0 radical (unpaired) electrons. The molecule has 0 spiro atoms. The number of amides is 1. The molecule has 3 heterocycles. The summed E-state index contributed by atoms with van der Waals surface area (Å²) >= 11 is 0. The van der Waals surface area contributed by atoms with Gasteiger partial charge >= 0.3 is 0 Å². The number of nitrogens with zero attached hydrogens (tertiary/aromatic N) is 3. The second-order valence-corrected chi connectivity index (χ2v) is 6.06. The van der Waals surface area contributed by atoms with E-state index in [2.05, 4.69) is 20.2 Å². The van der Waals surface area contributed by atoms with Crippen LogP contribution in [0.1, 0.15) is 22.8 Å². The van der Waals surface area contributed by atoms with Gasteiger partial charge in [-0.2, -0.15) is 0 Å². The van der Waals surface area contributed by atoms with Crippen LogP contribution in [0.25, 0.3) is 0 Å². The molecule has 24 heavy (non-hydrogen) atoms. The number of carbonyl (C=O) groups excluding carboxylic acids is 1. The molecule has 0 aromatic carbocycles. The van der Waals surface area contributed by atoms with Crippen molar-refractivity contribution in [2.75, 3.05) is 24.5 Å². The van der Waals surface area contributed by atoms with E-state index in [4.69, 9.17) is 0 Å². The standard InChI is InChI=1S/C18H22N4O2/c1-2-20-18(24)14-3-4-17(21-10-14)22-11-15(16(23)12-22)9-13-5-7-19-8-6-13/h3-8,10,15-16,23H,2,9,11-12H2,1H3,(H,20,24)/t15-,16+/m1/s1. The van der Waals surface area contributed by atoms with E-state index in [1.54, 1.807) is 24.7 Å². The molecule has 1 aliphatic heterocycles. The second-order valence-electron chi connectivity index (χ2n) is 6.06. The summed E-state index contributed by atoms with van der Waals surface area (Å²) in [6, 6.07) is 7.57. The lowest BCUT2D eigenvalue weighted by Gasteiger charge is -2.17. The minimum absolute atomic E-state index is 0.117. The van der Waals surface area contributed by atoms with E-state index in [1.165, 1.54) is 5.56 Å². The minimum Gasteiger partial charge on any atom is -0.391 e. The number of rotatable bonds is 5. The van der Waals surface area contributed by atoms with Crippen LogP contribution in [0.5, 0.6) is 0 Å². The molecule has 0 bridgehead atoms. The van der Waals surface area contributed by atoms with Crippen LogP contribution >= 0.6 is 0 Å². The fourth-order valence-corrected chi connectivity index (χ4v) is 3.03. The average Bonchev–Trinajstić information content (AvgIpc) is 2.97. The number of nitrogens with one attached hydrogen (secondary N) is 1. The van der Waals surface area contributed by atoms with Crippen molar-refractivity contribution in [1.29, 1.82) is 0 Å². The summed E-state index contributed by atoms with van der Waals surface area (Å²) in [6.45, 7) is 3.78. The van der Waals surface area contributed by atoms with Crippen molar-refractivity contribution in [1.82, 2.24) is 15.3 Å². The lowest BCUT2D eigenvalue weighted by Crippen LogP contribution is -2.24. The second kappa shape index (κ2) is 7.40. The van der Waals surface area contributed by atoms with E-state index in [1.807, 2.05) is 25.1 Å². The third-order valence-corrected chi connectivity index (χ3v) is 4.33. The Hall–Kier alpha value is -2.47. The highest BCUT2D eigenvalue weighted by molar-refractivity contribution is 5.94. The Bertz CT molecular complexity index is 675. The first-order valence-corrected chi connectivity index (χ1v) is 8.23. The van der Waals surface area contributed by atoms with Crippen molar-refractivity contribution >= 4 is 11.7 Å². The van der Waals surface area contributed by atoms with Crippen molar-refractivity contribution in [3.63, 3.8) is 0 Å². The highest BCUT2D eigenvalue weighted by atomic mass is 16.3. The predicted molar refractivity (Wildman–Crippen MR) is 91.9 cm³/mol. The zero-order chi connectivity index (χ0) is 16.9. The van der Waals surface area contributed by atoms with Gasteiger partial charge in [-0.05, 0) is 43.2 Å². The van der Waals surface area contributed by atoms with Gasteiger partial charge < -0.3 is 15.3 Å². The Morgan fingerprint density at radius 3 is 2.75 bits per heavy atom. The van der Waals surface area contributed by atoms with Gasteiger partial charge in [0.05, 0.1) is 11.7 Å². The van der Waals surface area contributed by atoms with E-state index < -0.39 is 0 Å². The Balaban J connectivity index is 1.65. The lowest BCUT2D eigenvalue weighted by molar-refractivity contribution is 0.0955. The first-order chi connectivity index (χ1) is 11.7. The lowest BCUT2D eigenvalue weighted by atomic mass is 9.97. The number of hydrogen-bond donors (Lipinski definition) is 2. The van der Waals surface area contributed by atoms with Crippen molar-refractivity contribution in [2.24, 2.45) is 5.92 Å². The largest absolute Gasteiger partial charge is 0.391 e. The van der Waals surface area contributed by atoms with Gasteiger partial charge in [-0.15, -0.1) is 0 Å². The normalized spacial score (nSPS) is 20.2. The summed E-state index contributed by atoms with van der Waals surface area (Å²) < 4.78 is 0. The van der Waals surface area contributed by atoms with Crippen LogP contribution in [0.4, 0.5) is 5.82 Å².